The molecule has 2 amide bonds. The van der Waals surface area contributed by atoms with Gasteiger partial charge in [0.1, 0.15) is 11.4 Å². The summed E-state index contributed by atoms with van der Waals surface area (Å²) < 4.78 is 7.49. The molecule has 0 saturated carbocycles. The number of rotatable bonds is 5. The van der Waals surface area contributed by atoms with Crippen molar-refractivity contribution in [1.29, 1.82) is 0 Å². The molecule has 5 rings (SSSR count). The summed E-state index contributed by atoms with van der Waals surface area (Å²) in [5.74, 6) is 0.925. The number of hydrogen-bond acceptors (Lipinski definition) is 4. The predicted octanol–water partition coefficient (Wildman–Crippen LogP) is 3.75. The van der Waals surface area contributed by atoms with E-state index in [1.807, 2.05) is 15.9 Å². The van der Waals surface area contributed by atoms with Crippen molar-refractivity contribution in [3.05, 3.63) is 77.1 Å². The van der Waals surface area contributed by atoms with Crippen molar-refractivity contribution in [1.82, 2.24) is 14.7 Å². The van der Waals surface area contributed by atoms with Crippen LogP contribution in [0.1, 0.15) is 46.9 Å². The summed E-state index contributed by atoms with van der Waals surface area (Å²) in [5, 5.41) is 4.21. The lowest BCUT2D eigenvalue weighted by Gasteiger charge is -2.39. The molecule has 35 heavy (non-hydrogen) atoms. The van der Waals surface area contributed by atoms with Gasteiger partial charge in [0.15, 0.2) is 0 Å². The van der Waals surface area contributed by atoms with Crippen molar-refractivity contribution < 1.29 is 14.3 Å². The van der Waals surface area contributed by atoms with Crippen LogP contribution in [0, 0.1) is 0 Å². The molecule has 3 heterocycles. The molecule has 1 aromatic heterocycles. The highest BCUT2D eigenvalue weighted by Crippen LogP contribution is 2.49. The molecule has 182 valence electrons. The van der Waals surface area contributed by atoms with Crippen molar-refractivity contribution in [3.8, 4) is 5.75 Å². The van der Waals surface area contributed by atoms with Gasteiger partial charge >= 0.3 is 0 Å². The molecule has 0 N–H and O–H groups in total. The number of benzene rings is 2. The first kappa shape index (κ1) is 23.1. The highest BCUT2D eigenvalue weighted by Gasteiger charge is 2.47. The molecule has 7 heteroatoms. The number of likely N-dealkylation sites (tertiary alicyclic amines) is 1. The van der Waals surface area contributed by atoms with Crippen LogP contribution in [0.3, 0.4) is 0 Å². The van der Waals surface area contributed by atoms with Crippen molar-refractivity contribution in [2.45, 2.75) is 38.0 Å². The maximum Gasteiger partial charge on any atom is 0.276 e. The Balaban J connectivity index is 1.54. The van der Waals surface area contributed by atoms with Gasteiger partial charge in [-0.3, -0.25) is 14.3 Å². The Bertz CT molecular complexity index is 1240. The van der Waals surface area contributed by atoms with Gasteiger partial charge < -0.3 is 14.5 Å². The second kappa shape index (κ2) is 9.21. The molecule has 2 aliphatic heterocycles. The van der Waals surface area contributed by atoms with E-state index in [9.17, 15) is 9.59 Å². The summed E-state index contributed by atoms with van der Waals surface area (Å²) in [6.07, 6.45) is 5.01. The Kier molecular flexibility index (Phi) is 6.09. The van der Waals surface area contributed by atoms with Gasteiger partial charge in [-0.25, -0.2) is 0 Å². The molecule has 7 nitrogen and oxygen atoms in total. The maximum absolute atomic E-state index is 13.7. The molecule has 0 aliphatic carbocycles. The molecule has 2 aromatic carbocycles. The number of aryl methyl sites for hydroxylation is 3. The van der Waals surface area contributed by atoms with Gasteiger partial charge in [-0.2, -0.15) is 5.10 Å². The van der Waals surface area contributed by atoms with Gasteiger partial charge in [-0.1, -0.05) is 30.3 Å². The van der Waals surface area contributed by atoms with E-state index in [0.717, 1.165) is 48.2 Å². The van der Waals surface area contributed by atoms with Gasteiger partial charge in [0, 0.05) is 50.9 Å². The Morgan fingerprint density at radius 1 is 1.06 bits per heavy atom. The number of piperidine rings is 1. The maximum atomic E-state index is 13.7. The van der Waals surface area contributed by atoms with Crippen LogP contribution >= 0.6 is 0 Å². The first-order valence-corrected chi connectivity index (χ1v) is 12.2. The number of methoxy groups -OCH3 is 1. The van der Waals surface area contributed by atoms with Crippen LogP contribution in [-0.4, -0.2) is 53.2 Å². The zero-order chi connectivity index (χ0) is 24.6. The topological polar surface area (TPSA) is 67.7 Å². The highest BCUT2D eigenvalue weighted by atomic mass is 16.5. The third-order valence-electron chi connectivity index (χ3n) is 7.70. The number of carbonyl (C=O) groups excluding carboxylic acids is 2. The average Bonchev–Trinajstić information content (AvgIpc) is 3.44. The fourth-order valence-electron chi connectivity index (χ4n) is 5.62. The summed E-state index contributed by atoms with van der Waals surface area (Å²) in [6, 6.07) is 16.5. The smallest absolute Gasteiger partial charge is 0.276 e. The van der Waals surface area contributed by atoms with E-state index in [1.165, 1.54) is 5.56 Å². The summed E-state index contributed by atoms with van der Waals surface area (Å²) in [5.41, 5.74) is 4.84. The highest BCUT2D eigenvalue weighted by molar-refractivity contribution is 6.07. The molecular formula is C28H32N4O3. The number of hydrogen-bond donors (Lipinski definition) is 0. The SMILES string of the molecule is COc1cc2c(cc1CCc1ccccc1)N(C(=O)c1ccnn1C)CC21CCN(C(C)=O)CC1. The Hall–Kier alpha value is -3.61. The molecule has 0 unspecified atom stereocenters. The van der Waals surface area contributed by atoms with Crippen LogP contribution in [0.5, 0.6) is 5.75 Å². The average molecular weight is 473 g/mol. The molecule has 1 saturated heterocycles. The molecule has 1 fully saturated rings. The standard InChI is InChI=1S/C28H32N4O3/c1-20(33)31-15-12-28(13-16-31)19-32(27(34)24-11-14-29-30(24)2)25-17-22(26(35-3)18-23(25)28)10-9-21-7-5-4-6-8-21/h4-8,11,14,17-18H,9-10,12-13,15-16,19H2,1-3H3. The zero-order valence-corrected chi connectivity index (χ0v) is 20.7. The summed E-state index contributed by atoms with van der Waals surface area (Å²) in [4.78, 5) is 29.5. The number of aromatic nitrogens is 2. The Morgan fingerprint density at radius 2 is 1.80 bits per heavy atom. The number of amides is 2. The lowest BCUT2D eigenvalue weighted by Crippen LogP contribution is -2.47. The van der Waals surface area contributed by atoms with Gasteiger partial charge in [0.2, 0.25) is 5.91 Å². The van der Waals surface area contributed by atoms with Crippen LogP contribution in [0.15, 0.2) is 54.7 Å². The minimum atomic E-state index is -0.194. The second-order valence-corrected chi connectivity index (χ2v) is 9.68. The van der Waals surface area contributed by atoms with E-state index in [0.29, 0.717) is 25.3 Å². The van der Waals surface area contributed by atoms with Crippen molar-refractivity contribution in [3.63, 3.8) is 0 Å². The Labute approximate surface area is 206 Å². The minimum absolute atomic E-state index is 0.0451. The van der Waals surface area contributed by atoms with Crippen molar-refractivity contribution >= 4 is 17.5 Å². The summed E-state index contributed by atoms with van der Waals surface area (Å²) in [7, 11) is 3.51. The monoisotopic (exact) mass is 472 g/mol. The lowest BCUT2D eigenvalue weighted by molar-refractivity contribution is -0.130. The minimum Gasteiger partial charge on any atom is -0.496 e. The number of anilines is 1. The Morgan fingerprint density at radius 3 is 2.43 bits per heavy atom. The van der Waals surface area contributed by atoms with Crippen LogP contribution in [0.25, 0.3) is 0 Å². The van der Waals surface area contributed by atoms with Gasteiger partial charge in [-0.05, 0) is 60.6 Å². The van der Waals surface area contributed by atoms with Gasteiger partial charge in [-0.15, -0.1) is 0 Å². The molecule has 0 atom stereocenters. The normalized spacial score (nSPS) is 16.4. The van der Waals surface area contributed by atoms with Crippen LogP contribution in [0.2, 0.25) is 0 Å². The number of ether oxygens (including phenoxy) is 1. The summed E-state index contributed by atoms with van der Waals surface area (Å²) >= 11 is 0. The predicted molar refractivity (Wildman–Crippen MR) is 135 cm³/mol. The van der Waals surface area contributed by atoms with Gasteiger partial charge in [0.25, 0.3) is 5.91 Å². The van der Waals surface area contributed by atoms with E-state index < -0.39 is 0 Å². The van der Waals surface area contributed by atoms with E-state index in [2.05, 4.69) is 41.5 Å². The largest absolute Gasteiger partial charge is 0.496 e. The van der Waals surface area contributed by atoms with Crippen molar-refractivity contribution in [2.75, 3.05) is 31.6 Å². The lowest BCUT2D eigenvalue weighted by atomic mass is 9.74. The van der Waals surface area contributed by atoms with Crippen LogP contribution in [0.4, 0.5) is 5.69 Å². The molecule has 1 spiro atoms. The number of nitrogens with zero attached hydrogens (tertiary/aromatic N) is 4. The first-order chi connectivity index (χ1) is 16.9. The second-order valence-electron chi connectivity index (χ2n) is 9.68. The quantitative estimate of drug-likeness (QED) is 0.567. The molecule has 0 bridgehead atoms. The van der Waals surface area contributed by atoms with Crippen LogP contribution in [-0.2, 0) is 30.1 Å². The van der Waals surface area contributed by atoms with Gasteiger partial charge in [0.05, 0.1) is 7.11 Å². The first-order valence-electron chi connectivity index (χ1n) is 12.2. The third kappa shape index (κ3) is 4.20. The van der Waals surface area contributed by atoms with E-state index in [4.69, 9.17) is 4.74 Å². The van der Waals surface area contributed by atoms with E-state index >= 15 is 0 Å². The molecule has 0 radical (unpaired) electrons. The van der Waals surface area contributed by atoms with Crippen molar-refractivity contribution in [2.24, 2.45) is 7.05 Å². The molecule has 2 aliphatic rings. The fourth-order valence-corrected chi connectivity index (χ4v) is 5.62. The summed E-state index contributed by atoms with van der Waals surface area (Å²) in [6.45, 7) is 3.62. The van der Waals surface area contributed by atoms with E-state index in [1.54, 1.807) is 38.0 Å². The van der Waals surface area contributed by atoms with Crippen LogP contribution < -0.4 is 9.64 Å². The fraction of sp³-hybridized carbons (Fsp3) is 0.393. The molecule has 3 aromatic rings. The number of fused-ring (bicyclic) bond motifs is 2. The third-order valence-corrected chi connectivity index (χ3v) is 7.70. The molecular weight excluding hydrogens is 440 g/mol. The van der Waals surface area contributed by atoms with E-state index in [-0.39, 0.29) is 17.2 Å². The zero-order valence-electron chi connectivity index (χ0n) is 20.7. The number of carbonyl (C=O) groups is 2.